The Bertz CT molecular complexity index is 331. The van der Waals surface area contributed by atoms with Gasteiger partial charge in [-0.05, 0) is 32.2 Å². The number of ether oxygens (including phenoxy) is 1. The molecule has 1 aliphatic rings. The molecule has 1 saturated carbocycles. The van der Waals surface area contributed by atoms with E-state index in [4.69, 9.17) is 4.74 Å². The van der Waals surface area contributed by atoms with Crippen molar-refractivity contribution in [2.24, 2.45) is 0 Å². The Morgan fingerprint density at radius 3 is 2.94 bits per heavy atom. The van der Waals surface area contributed by atoms with Crippen LogP contribution in [0.15, 0.2) is 12.4 Å². The highest BCUT2D eigenvalue weighted by atomic mass is 16.5. The number of hydrogen-bond acceptors (Lipinski definition) is 3. The molecule has 1 aromatic heterocycles. The summed E-state index contributed by atoms with van der Waals surface area (Å²) in [4.78, 5) is 0. The molecule has 4 nitrogen and oxygen atoms in total. The van der Waals surface area contributed by atoms with Gasteiger partial charge in [0.15, 0.2) is 5.75 Å². The lowest BCUT2D eigenvalue weighted by Gasteiger charge is -2.35. The van der Waals surface area contributed by atoms with Crippen molar-refractivity contribution >= 4 is 0 Å². The fourth-order valence-electron chi connectivity index (χ4n) is 2.13. The van der Waals surface area contributed by atoms with Crippen molar-refractivity contribution in [3.63, 3.8) is 0 Å². The van der Waals surface area contributed by atoms with Gasteiger partial charge in [-0.2, -0.15) is 5.10 Å². The van der Waals surface area contributed by atoms with Gasteiger partial charge in [-0.25, -0.2) is 0 Å². The van der Waals surface area contributed by atoms with Gasteiger partial charge in [0, 0.05) is 12.6 Å². The predicted molar refractivity (Wildman–Crippen MR) is 68.2 cm³/mol. The van der Waals surface area contributed by atoms with E-state index in [1.54, 1.807) is 0 Å². The molecule has 0 unspecified atom stereocenters. The van der Waals surface area contributed by atoms with Crippen LogP contribution in [-0.4, -0.2) is 28.5 Å². The summed E-state index contributed by atoms with van der Waals surface area (Å²) in [6, 6.07) is 0.658. The molecule has 0 spiro atoms. The zero-order valence-corrected chi connectivity index (χ0v) is 10.9. The number of rotatable bonds is 7. The zero-order valence-electron chi connectivity index (χ0n) is 10.9. The summed E-state index contributed by atoms with van der Waals surface area (Å²) in [5.74, 6) is 0.914. The van der Waals surface area contributed by atoms with Crippen LogP contribution in [0.1, 0.15) is 39.5 Å². The lowest BCUT2D eigenvalue weighted by atomic mass is 9.89. The third kappa shape index (κ3) is 3.46. The summed E-state index contributed by atoms with van der Waals surface area (Å²) in [5.41, 5.74) is 0. The van der Waals surface area contributed by atoms with Crippen LogP contribution in [0.5, 0.6) is 5.75 Å². The van der Waals surface area contributed by atoms with Crippen LogP contribution in [0.2, 0.25) is 0 Å². The first-order valence-electron chi connectivity index (χ1n) is 6.74. The molecule has 1 fully saturated rings. The van der Waals surface area contributed by atoms with Gasteiger partial charge < -0.3 is 10.1 Å². The number of aryl methyl sites for hydroxylation is 1. The summed E-state index contributed by atoms with van der Waals surface area (Å²) in [6.07, 6.45) is 8.75. The number of nitrogens with zero attached hydrogens (tertiary/aromatic N) is 2. The van der Waals surface area contributed by atoms with Crippen molar-refractivity contribution in [1.82, 2.24) is 15.1 Å². The van der Waals surface area contributed by atoms with Gasteiger partial charge in [0.1, 0.15) is 6.10 Å². The monoisotopic (exact) mass is 237 g/mol. The lowest BCUT2D eigenvalue weighted by molar-refractivity contribution is 0.0851. The summed E-state index contributed by atoms with van der Waals surface area (Å²) in [5, 5.41) is 7.77. The van der Waals surface area contributed by atoms with Gasteiger partial charge in [0.05, 0.1) is 12.4 Å². The summed E-state index contributed by atoms with van der Waals surface area (Å²) >= 11 is 0. The summed E-state index contributed by atoms with van der Waals surface area (Å²) < 4.78 is 7.81. The molecule has 1 N–H and O–H groups in total. The van der Waals surface area contributed by atoms with E-state index in [0.29, 0.717) is 12.1 Å². The van der Waals surface area contributed by atoms with Crippen LogP contribution in [0.4, 0.5) is 0 Å². The van der Waals surface area contributed by atoms with E-state index in [1.807, 2.05) is 17.1 Å². The maximum absolute atomic E-state index is 5.86. The Morgan fingerprint density at radius 2 is 2.24 bits per heavy atom. The molecule has 17 heavy (non-hydrogen) atoms. The number of hydrogen-bond donors (Lipinski definition) is 1. The average Bonchev–Trinajstić information content (AvgIpc) is 2.69. The fourth-order valence-corrected chi connectivity index (χ4v) is 2.13. The number of nitrogens with one attached hydrogen (secondary N) is 1. The Morgan fingerprint density at radius 1 is 1.41 bits per heavy atom. The highest BCUT2D eigenvalue weighted by molar-refractivity contribution is 5.13. The Balaban J connectivity index is 1.68. The molecule has 2 rings (SSSR count). The lowest BCUT2D eigenvalue weighted by Crippen LogP contribution is -2.46. The molecule has 0 atom stereocenters. The first kappa shape index (κ1) is 12.4. The van der Waals surface area contributed by atoms with E-state index >= 15 is 0 Å². The van der Waals surface area contributed by atoms with E-state index < -0.39 is 0 Å². The van der Waals surface area contributed by atoms with Gasteiger partial charge in [0.25, 0.3) is 0 Å². The molecule has 0 amide bonds. The standard InChI is InChI=1S/C13H23N3O/c1-3-5-14-11-7-12(8-11)17-13-9-15-16(10-13)6-4-2/h9-12,14H,3-8H2,1-2H3. The van der Waals surface area contributed by atoms with E-state index in [-0.39, 0.29) is 0 Å². The van der Waals surface area contributed by atoms with E-state index in [2.05, 4.69) is 24.3 Å². The van der Waals surface area contributed by atoms with Crippen molar-refractivity contribution in [2.45, 2.75) is 58.2 Å². The molecule has 1 aliphatic carbocycles. The normalized spacial score (nSPS) is 23.4. The van der Waals surface area contributed by atoms with Crippen molar-refractivity contribution < 1.29 is 4.74 Å². The van der Waals surface area contributed by atoms with E-state index in [0.717, 1.165) is 38.1 Å². The molecule has 1 heterocycles. The topological polar surface area (TPSA) is 39.1 Å². The predicted octanol–water partition coefficient (Wildman–Crippen LogP) is 2.20. The maximum Gasteiger partial charge on any atom is 0.157 e. The van der Waals surface area contributed by atoms with Crippen LogP contribution in [0.3, 0.4) is 0 Å². The molecule has 4 heteroatoms. The Labute approximate surface area is 103 Å². The van der Waals surface area contributed by atoms with Crippen LogP contribution >= 0.6 is 0 Å². The highest BCUT2D eigenvalue weighted by Gasteiger charge is 2.30. The molecule has 0 aromatic carbocycles. The average molecular weight is 237 g/mol. The second-order valence-electron chi connectivity index (χ2n) is 4.80. The van der Waals surface area contributed by atoms with Crippen molar-refractivity contribution in [3.05, 3.63) is 12.4 Å². The Kier molecular flexibility index (Phi) is 4.42. The third-order valence-electron chi connectivity index (χ3n) is 3.14. The minimum Gasteiger partial charge on any atom is -0.487 e. The zero-order chi connectivity index (χ0) is 12.1. The van der Waals surface area contributed by atoms with Gasteiger partial charge in [-0.3, -0.25) is 4.68 Å². The minimum absolute atomic E-state index is 0.378. The smallest absolute Gasteiger partial charge is 0.157 e. The molecular weight excluding hydrogens is 214 g/mol. The van der Waals surface area contributed by atoms with Gasteiger partial charge in [-0.15, -0.1) is 0 Å². The fraction of sp³-hybridized carbons (Fsp3) is 0.769. The molecular formula is C13H23N3O. The summed E-state index contributed by atoms with van der Waals surface area (Å²) in [6.45, 7) is 6.43. The molecule has 1 aromatic rings. The van der Waals surface area contributed by atoms with E-state index in [9.17, 15) is 0 Å². The SMILES string of the molecule is CCCNC1CC(Oc2cnn(CCC)c2)C1. The molecule has 0 bridgehead atoms. The quantitative estimate of drug-likeness (QED) is 0.790. The molecule has 0 radical (unpaired) electrons. The Hall–Kier alpha value is -1.03. The van der Waals surface area contributed by atoms with Crippen LogP contribution in [0, 0.1) is 0 Å². The molecule has 0 aliphatic heterocycles. The van der Waals surface area contributed by atoms with Crippen molar-refractivity contribution in [2.75, 3.05) is 6.54 Å². The highest BCUT2D eigenvalue weighted by Crippen LogP contribution is 2.25. The first-order valence-corrected chi connectivity index (χ1v) is 6.74. The number of aromatic nitrogens is 2. The van der Waals surface area contributed by atoms with Crippen LogP contribution in [0.25, 0.3) is 0 Å². The minimum atomic E-state index is 0.378. The first-order chi connectivity index (χ1) is 8.31. The van der Waals surface area contributed by atoms with Crippen molar-refractivity contribution in [1.29, 1.82) is 0 Å². The van der Waals surface area contributed by atoms with Gasteiger partial charge in [0.2, 0.25) is 0 Å². The second-order valence-corrected chi connectivity index (χ2v) is 4.80. The summed E-state index contributed by atoms with van der Waals surface area (Å²) in [7, 11) is 0. The maximum atomic E-state index is 5.86. The van der Waals surface area contributed by atoms with Crippen LogP contribution in [-0.2, 0) is 6.54 Å². The van der Waals surface area contributed by atoms with Crippen LogP contribution < -0.4 is 10.1 Å². The largest absolute Gasteiger partial charge is 0.487 e. The second kappa shape index (κ2) is 6.05. The van der Waals surface area contributed by atoms with Crippen molar-refractivity contribution in [3.8, 4) is 5.75 Å². The van der Waals surface area contributed by atoms with Gasteiger partial charge >= 0.3 is 0 Å². The molecule has 0 saturated heterocycles. The van der Waals surface area contributed by atoms with Gasteiger partial charge in [-0.1, -0.05) is 13.8 Å². The van der Waals surface area contributed by atoms with E-state index in [1.165, 1.54) is 6.42 Å². The molecule has 96 valence electrons. The third-order valence-corrected chi connectivity index (χ3v) is 3.14.